The molecule has 2 aliphatic heterocycles. The van der Waals surface area contributed by atoms with E-state index in [1.54, 1.807) is 0 Å². The van der Waals surface area contributed by atoms with E-state index in [-0.39, 0.29) is 12.2 Å². The van der Waals surface area contributed by atoms with E-state index in [1.807, 2.05) is 38.4 Å². The van der Waals surface area contributed by atoms with Gasteiger partial charge in [0.15, 0.2) is 0 Å². The summed E-state index contributed by atoms with van der Waals surface area (Å²) in [6.07, 6.45) is 3.30. The van der Waals surface area contributed by atoms with Crippen LogP contribution < -0.4 is 20.9 Å². The van der Waals surface area contributed by atoms with Gasteiger partial charge in [0, 0.05) is 43.6 Å². The van der Waals surface area contributed by atoms with Crippen molar-refractivity contribution in [3.05, 3.63) is 35.4 Å². The molecule has 11 nitrogen and oxygen atoms in total. The van der Waals surface area contributed by atoms with E-state index in [2.05, 4.69) is 68.9 Å². The van der Waals surface area contributed by atoms with Gasteiger partial charge in [-0.2, -0.15) is 0 Å². The van der Waals surface area contributed by atoms with E-state index in [1.165, 1.54) is 11.1 Å². The quantitative estimate of drug-likeness (QED) is 0.334. The molecule has 2 unspecified atom stereocenters. The number of hydrogen-bond acceptors (Lipinski definition) is 9. The fourth-order valence-corrected chi connectivity index (χ4v) is 6.00. The lowest BCUT2D eigenvalue weighted by atomic mass is 10.1. The minimum Gasteiger partial charge on any atom is -0.488 e. The Bertz CT molecular complexity index is 1520. The first kappa shape index (κ1) is 29.0. The Balaban J connectivity index is 0.000000165. The van der Waals surface area contributed by atoms with Gasteiger partial charge < -0.3 is 35.3 Å². The predicted octanol–water partition coefficient (Wildman–Crippen LogP) is 2.90. The third-order valence-corrected chi connectivity index (χ3v) is 7.46. The molecular weight excluding hydrogens is 518 g/mol. The van der Waals surface area contributed by atoms with Crippen LogP contribution >= 0.6 is 0 Å². The van der Waals surface area contributed by atoms with Crippen LogP contribution in [0.3, 0.4) is 0 Å². The second-order valence-corrected chi connectivity index (χ2v) is 12.0. The molecular formula is C30H45N9O2. The molecule has 11 heteroatoms. The minimum atomic E-state index is 0.199. The van der Waals surface area contributed by atoms with E-state index >= 15 is 0 Å². The molecule has 4 heterocycles. The summed E-state index contributed by atoms with van der Waals surface area (Å²) in [7, 11) is 12.3. The van der Waals surface area contributed by atoms with Crippen LogP contribution in [-0.2, 0) is 26.1 Å². The lowest BCUT2D eigenvalue weighted by molar-refractivity contribution is 0.184. The topological polar surface area (TPSA) is 116 Å². The first-order valence-electron chi connectivity index (χ1n) is 14.4. The van der Waals surface area contributed by atoms with Gasteiger partial charge in [-0.25, -0.2) is 9.97 Å². The SMILES string of the molecule is CCCn1c(N)nc2ccc3c(c21)CC(CN(C)C)O3.CN(C)CC1Cc2c(ccc3nc(N)n(CN(C)C)c23)O1. The summed E-state index contributed by atoms with van der Waals surface area (Å²) in [5.41, 5.74) is 18.8. The number of rotatable bonds is 8. The van der Waals surface area contributed by atoms with Crippen molar-refractivity contribution < 1.29 is 9.47 Å². The molecule has 0 aliphatic carbocycles. The second-order valence-electron chi connectivity index (χ2n) is 12.0. The second kappa shape index (κ2) is 11.8. The first-order valence-corrected chi connectivity index (χ1v) is 14.4. The maximum Gasteiger partial charge on any atom is 0.202 e. The van der Waals surface area contributed by atoms with Gasteiger partial charge in [-0.1, -0.05) is 6.92 Å². The summed E-state index contributed by atoms with van der Waals surface area (Å²) in [4.78, 5) is 15.3. The molecule has 0 saturated heterocycles. The summed E-state index contributed by atoms with van der Waals surface area (Å²) in [5, 5.41) is 0. The van der Waals surface area contributed by atoms with Crippen LogP contribution in [0.5, 0.6) is 11.5 Å². The number of fused-ring (bicyclic) bond motifs is 6. The number of hydrogen-bond donors (Lipinski definition) is 2. The molecule has 0 bridgehead atoms. The summed E-state index contributed by atoms with van der Waals surface area (Å²) < 4.78 is 16.3. The van der Waals surface area contributed by atoms with Crippen LogP contribution in [0.2, 0.25) is 0 Å². The number of aromatic nitrogens is 4. The molecule has 2 aromatic heterocycles. The molecule has 0 spiro atoms. The third kappa shape index (κ3) is 5.93. The minimum absolute atomic E-state index is 0.199. The normalized spacial score (nSPS) is 17.7. The van der Waals surface area contributed by atoms with Crippen molar-refractivity contribution in [2.45, 2.75) is 51.6 Å². The summed E-state index contributed by atoms with van der Waals surface area (Å²) >= 11 is 0. The summed E-state index contributed by atoms with van der Waals surface area (Å²) in [5.74, 6) is 3.12. The maximum atomic E-state index is 6.09. The van der Waals surface area contributed by atoms with Crippen molar-refractivity contribution in [3.8, 4) is 11.5 Å². The number of nitrogens with two attached hydrogens (primary N) is 2. The van der Waals surface area contributed by atoms with Crippen molar-refractivity contribution in [2.24, 2.45) is 0 Å². The van der Waals surface area contributed by atoms with Crippen LogP contribution in [0.1, 0.15) is 24.5 Å². The Morgan fingerprint density at radius 1 is 0.732 bits per heavy atom. The largest absolute Gasteiger partial charge is 0.488 e. The van der Waals surface area contributed by atoms with Gasteiger partial charge in [0.1, 0.15) is 23.7 Å². The molecule has 2 aromatic carbocycles. The molecule has 4 N–H and O–H groups in total. The highest BCUT2D eigenvalue weighted by molar-refractivity contribution is 5.85. The molecule has 2 aliphatic rings. The highest BCUT2D eigenvalue weighted by atomic mass is 16.5. The van der Waals surface area contributed by atoms with E-state index in [4.69, 9.17) is 20.9 Å². The Hall–Kier alpha value is -3.54. The maximum absolute atomic E-state index is 6.09. The van der Waals surface area contributed by atoms with Gasteiger partial charge in [0.2, 0.25) is 11.9 Å². The van der Waals surface area contributed by atoms with E-state index < -0.39 is 0 Å². The number of benzene rings is 2. The fraction of sp³-hybridized carbons (Fsp3) is 0.533. The molecule has 6 rings (SSSR count). The Morgan fingerprint density at radius 3 is 1.63 bits per heavy atom. The molecule has 0 saturated carbocycles. The van der Waals surface area contributed by atoms with Crippen LogP contribution in [0.15, 0.2) is 24.3 Å². The van der Waals surface area contributed by atoms with Gasteiger partial charge in [-0.3, -0.25) is 9.47 Å². The zero-order chi connectivity index (χ0) is 29.4. The molecule has 222 valence electrons. The van der Waals surface area contributed by atoms with E-state index in [9.17, 15) is 0 Å². The first-order chi connectivity index (χ1) is 19.5. The van der Waals surface area contributed by atoms with Crippen molar-refractivity contribution in [1.82, 2.24) is 33.8 Å². The van der Waals surface area contributed by atoms with Gasteiger partial charge in [-0.05, 0) is 73.0 Å². The zero-order valence-electron chi connectivity index (χ0n) is 25.5. The van der Waals surface area contributed by atoms with Crippen LogP contribution in [-0.4, -0.2) is 101 Å². The van der Waals surface area contributed by atoms with Gasteiger partial charge in [0.05, 0.1) is 28.7 Å². The number of anilines is 2. The van der Waals surface area contributed by atoms with E-state index in [0.29, 0.717) is 11.9 Å². The standard InChI is InChI=1S/C15H23N5O.C15H22N4O/c1-18(2)8-10-7-11-13(21-10)6-5-12-14(11)20(9-19(3)4)15(16)17-12;1-4-7-19-14-11-8-10(9-18(2)3)20-13(11)6-5-12(14)17-15(19)16/h5-6,10H,7-9H2,1-4H3,(H2,16,17);5-6,10H,4,7-9H2,1-3H3,(H2,16,17). The number of nitrogen functional groups attached to an aromatic ring is 2. The number of nitrogens with zero attached hydrogens (tertiary/aromatic N) is 7. The number of aryl methyl sites for hydroxylation is 1. The van der Waals surface area contributed by atoms with Gasteiger partial charge in [-0.15, -0.1) is 0 Å². The van der Waals surface area contributed by atoms with Gasteiger partial charge >= 0.3 is 0 Å². The van der Waals surface area contributed by atoms with Crippen LogP contribution in [0.4, 0.5) is 11.9 Å². The van der Waals surface area contributed by atoms with Gasteiger partial charge in [0.25, 0.3) is 0 Å². The lowest BCUT2D eigenvalue weighted by Crippen LogP contribution is -2.29. The van der Waals surface area contributed by atoms with Crippen molar-refractivity contribution in [2.75, 3.05) is 66.8 Å². The third-order valence-electron chi connectivity index (χ3n) is 7.46. The monoisotopic (exact) mass is 563 g/mol. The molecule has 0 amide bonds. The van der Waals surface area contributed by atoms with Crippen LogP contribution in [0.25, 0.3) is 22.1 Å². The van der Waals surface area contributed by atoms with Crippen molar-refractivity contribution in [1.29, 1.82) is 0 Å². The highest BCUT2D eigenvalue weighted by Gasteiger charge is 2.29. The molecule has 0 radical (unpaired) electrons. The molecule has 41 heavy (non-hydrogen) atoms. The average Bonchev–Trinajstić information content (AvgIpc) is 3.62. The summed E-state index contributed by atoms with van der Waals surface area (Å²) in [6.45, 7) is 5.61. The Morgan fingerprint density at radius 2 is 1.20 bits per heavy atom. The highest BCUT2D eigenvalue weighted by Crippen LogP contribution is 2.37. The number of imidazole rings is 2. The van der Waals surface area contributed by atoms with Crippen LogP contribution in [0, 0.1) is 0 Å². The number of ether oxygens (including phenoxy) is 2. The molecule has 2 atom stereocenters. The summed E-state index contributed by atoms with van der Waals surface area (Å²) in [6, 6.07) is 8.04. The predicted molar refractivity (Wildman–Crippen MR) is 166 cm³/mol. The smallest absolute Gasteiger partial charge is 0.202 e. The lowest BCUT2D eigenvalue weighted by Gasteiger charge is -2.15. The number of likely N-dealkylation sites (N-methyl/N-ethyl adjacent to an activating group) is 2. The fourth-order valence-electron chi connectivity index (χ4n) is 6.00. The molecule has 4 aromatic rings. The Kier molecular flexibility index (Phi) is 8.30. The molecule has 0 fully saturated rings. The van der Waals surface area contributed by atoms with Crippen molar-refractivity contribution in [3.63, 3.8) is 0 Å². The van der Waals surface area contributed by atoms with Crippen molar-refractivity contribution >= 4 is 34.0 Å². The average molecular weight is 564 g/mol. The Labute approximate surface area is 242 Å². The zero-order valence-corrected chi connectivity index (χ0v) is 25.5. The van der Waals surface area contributed by atoms with E-state index in [0.717, 1.165) is 79.1 Å².